The molecule has 5 heteroatoms. The Labute approximate surface area is 94.1 Å². The van der Waals surface area contributed by atoms with Crippen molar-refractivity contribution < 1.29 is 26.2 Å². The average Bonchev–Trinajstić information content (AvgIpc) is 0. The van der Waals surface area contributed by atoms with Crippen molar-refractivity contribution >= 4 is 69.4 Å². The van der Waals surface area contributed by atoms with Gasteiger partial charge in [-0.2, -0.15) is 0 Å². The van der Waals surface area contributed by atoms with Crippen LogP contribution < -0.4 is 0 Å². The van der Waals surface area contributed by atoms with E-state index in [0.717, 1.165) is 0 Å². The maximum absolute atomic E-state index is 0. The van der Waals surface area contributed by atoms with Crippen molar-refractivity contribution in [3.63, 3.8) is 0 Å². The summed E-state index contributed by atoms with van der Waals surface area (Å²) in [6.07, 6.45) is 0. The molecular formula is H16Al4Zr. The fourth-order valence-electron chi connectivity index (χ4n) is 0. The van der Waals surface area contributed by atoms with Gasteiger partial charge in [0.2, 0.25) is 0 Å². The smallest absolute Gasteiger partial charge is 0.0398 e. The first-order chi connectivity index (χ1) is 0. The summed E-state index contributed by atoms with van der Waals surface area (Å²) in [6, 6.07) is 0. The van der Waals surface area contributed by atoms with Gasteiger partial charge in [0.15, 0.2) is 0 Å². The average molecular weight is 215 g/mol. The third kappa shape index (κ3) is 19.4. The number of rotatable bonds is 0. The Morgan fingerprint density at radius 1 is 0.400 bits per heavy atom. The van der Waals surface area contributed by atoms with Crippen molar-refractivity contribution in [2.24, 2.45) is 0 Å². The van der Waals surface area contributed by atoms with Crippen molar-refractivity contribution in [1.82, 2.24) is 0 Å². The molecule has 0 atom stereocenters. The third-order valence-corrected chi connectivity index (χ3v) is 0. The standard InChI is InChI=1S/4Al.Zr.16H/q4*-1;+4;;;;;;;;;;;;;;;;. The van der Waals surface area contributed by atoms with Gasteiger partial charge in [0.1, 0.15) is 0 Å². The molecule has 0 aliphatic rings. The van der Waals surface area contributed by atoms with E-state index in [9.17, 15) is 0 Å². The molecule has 0 rings (SSSR count). The molecule has 0 bridgehead atoms. The first kappa shape index (κ1) is 43.4. The van der Waals surface area contributed by atoms with Gasteiger partial charge in [-0.3, -0.25) is 0 Å². The zero-order valence-corrected chi connectivity index (χ0v) is 2.96. The minimum absolute atomic E-state index is 0. The van der Waals surface area contributed by atoms with E-state index in [1.54, 1.807) is 0 Å². The van der Waals surface area contributed by atoms with Crippen molar-refractivity contribution in [2.45, 2.75) is 0 Å². The van der Waals surface area contributed by atoms with Gasteiger partial charge in [0.05, 0.1) is 0 Å². The molecule has 0 aliphatic carbocycles. The normalized spacial score (nSPS) is 0. The summed E-state index contributed by atoms with van der Waals surface area (Å²) in [5.41, 5.74) is 0. The molecule has 0 aromatic rings. The molecule has 0 nitrogen and oxygen atoms in total. The van der Waals surface area contributed by atoms with Crippen LogP contribution in [-0.4, -0.2) is 69.4 Å². The van der Waals surface area contributed by atoms with E-state index in [-0.39, 0.29) is 95.6 Å². The number of hydrogen-bond acceptors (Lipinski definition) is 0. The van der Waals surface area contributed by atoms with Crippen molar-refractivity contribution in [3.05, 3.63) is 0 Å². The third-order valence-electron chi connectivity index (χ3n) is 0. The predicted octanol–water partition coefficient (Wildman–Crippen LogP) is -5.81. The van der Waals surface area contributed by atoms with E-state index in [2.05, 4.69) is 0 Å². The van der Waals surface area contributed by atoms with Crippen molar-refractivity contribution in [2.75, 3.05) is 0 Å². The quantitative estimate of drug-likeness (QED) is 0.353. The zero-order chi connectivity index (χ0) is 0. The van der Waals surface area contributed by atoms with E-state index in [1.165, 1.54) is 0 Å². The van der Waals surface area contributed by atoms with E-state index in [1.807, 2.05) is 0 Å². The molecular weight excluding hydrogens is 199 g/mol. The van der Waals surface area contributed by atoms with Gasteiger partial charge < -0.3 is 0 Å². The molecule has 0 saturated heterocycles. The first-order valence-corrected chi connectivity index (χ1v) is 0. The Morgan fingerprint density at radius 3 is 0.400 bits per heavy atom. The van der Waals surface area contributed by atoms with Crippen molar-refractivity contribution in [3.8, 4) is 0 Å². The minimum Gasteiger partial charge on any atom is 0.0398 e. The van der Waals surface area contributed by atoms with Crippen LogP contribution in [-0.2, 0) is 26.2 Å². The predicted molar refractivity (Wildman–Crippen MR) is 45.3 cm³/mol. The minimum atomic E-state index is 0. The molecule has 0 fully saturated rings. The molecule has 0 aromatic carbocycles. The summed E-state index contributed by atoms with van der Waals surface area (Å²) in [5, 5.41) is 0. The Bertz CT molecular complexity index is 3.61. The fraction of sp³-hybridized carbons (Fsp3) is 0. The molecule has 0 radical (unpaired) electrons. The second-order valence-corrected chi connectivity index (χ2v) is 0. The van der Waals surface area contributed by atoms with Crippen molar-refractivity contribution in [1.29, 1.82) is 0 Å². The summed E-state index contributed by atoms with van der Waals surface area (Å²) in [6.45, 7) is 0. The van der Waals surface area contributed by atoms with Crippen LogP contribution in [0, 0.1) is 0 Å². The van der Waals surface area contributed by atoms with Gasteiger partial charge in [-0.1, -0.05) is 0 Å². The molecule has 5 heavy (non-hydrogen) atoms. The second-order valence-electron chi connectivity index (χ2n) is 0. The van der Waals surface area contributed by atoms with Crippen LogP contribution in [0.2, 0.25) is 0 Å². The maximum atomic E-state index is 0. The Kier molecular flexibility index (Phi) is 243. The van der Waals surface area contributed by atoms with E-state index in [4.69, 9.17) is 0 Å². The van der Waals surface area contributed by atoms with Gasteiger partial charge in [-0.05, 0) is 0 Å². The van der Waals surface area contributed by atoms with Crippen LogP contribution in [0.3, 0.4) is 0 Å². The summed E-state index contributed by atoms with van der Waals surface area (Å²) in [5.74, 6) is 0. The molecule has 0 unspecified atom stereocenters. The Hall–Kier alpha value is 3.01. The molecule has 0 spiro atoms. The van der Waals surface area contributed by atoms with Gasteiger partial charge in [-0.15, -0.1) is 0 Å². The van der Waals surface area contributed by atoms with Crippen LogP contribution in [0.1, 0.15) is 0 Å². The SMILES string of the molecule is [AlH4-].[AlH4-].[AlH4-].[AlH4-].[Zr+4]. The molecule has 0 aromatic heterocycles. The molecule has 0 saturated carbocycles. The van der Waals surface area contributed by atoms with E-state index >= 15 is 0 Å². The zero-order valence-electron chi connectivity index (χ0n) is 0.500. The van der Waals surface area contributed by atoms with Crippen LogP contribution in [0.5, 0.6) is 0 Å². The number of hydrogen-bond donors (Lipinski definition) is 0. The fourth-order valence-corrected chi connectivity index (χ4v) is 0. The van der Waals surface area contributed by atoms with Crippen LogP contribution in [0.4, 0.5) is 0 Å². The molecule has 32 valence electrons. The summed E-state index contributed by atoms with van der Waals surface area (Å²) in [4.78, 5) is 0. The van der Waals surface area contributed by atoms with Gasteiger partial charge in [-0.25, -0.2) is 0 Å². The van der Waals surface area contributed by atoms with Gasteiger partial charge >= 0.3 is 26.2 Å². The largest absolute Gasteiger partial charge is 4.00 e. The molecule has 0 aliphatic heterocycles. The first-order valence-electron chi connectivity index (χ1n) is 0. The van der Waals surface area contributed by atoms with E-state index in [0.29, 0.717) is 0 Å². The summed E-state index contributed by atoms with van der Waals surface area (Å²) >= 11 is 0. The Balaban J connectivity index is 0. The maximum Gasteiger partial charge on any atom is 4.00 e. The molecule has 0 amide bonds. The molecule has 0 N–H and O–H groups in total. The van der Waals surface area contributed by atoms with Crippen LogP contribution >= 0.6 is 0 Å². The Morgan fingerprint density at radius 2 is 0.400 bits per heavy atom. The van der Waals surface area contributed by atoms with Crippen LogP contribution in [0.25, 0.3) is 0 Å². The topological polar surface area (TPSA) is 0 Å². The van der Waals surface area contributed by atoms with Gasteiger partial charge in [0.25, 0.3) is 0 Å². The second kappa shape index (κ2) is 27.9. The molecule has 0 heterocycles. The van der Waals surface area contributed by atoms with Gasteiger partial charge in [0, 0.05) is 69.4 Å². The van der Waals surface area contributed by atoms with Crippen LogP contribution in [0.15, 0.2) is 0 Å². The summed E-state index contributed by atoms with van der Waals surface area (Å²) < 4.78 is 0. The monoisotopic (exact) mass is 214 g/mol. The van der Waals surface area contributed by atoms with E-state index < -0.39 is 0 Å². The summed E-state index contributed by atoms with van der Waals surface area (Å²) in [7, 11) is 0.